The molecule has 1 heterocycles. The van der Waals surface area contributed by atoms with Gasteiger partial charge in [0.2, 0.25) is 5.91 Å². The number of morpholine rings is 1. The van der Waals surface area contributed by atoms with Crippen LogP contribution in [0.4, 0.5) is 0 Å². The van der Waals surface area contributed by atoms with E-state index in [0.717, 1.165) is 32.8 Å². The minimum atomic E-state index is -0.122. The summed E-state index contributed by atoms with van der Waals surface area (Å²) in [5.41, 5.74) is 5.82. The molecule has 1 fully saturated rings. The highest BCUT2D eigenvalue weighted by atomic mass is 16.5. The molecule has 0 saturated carbocycles. The minimum absolute atomic E-state index is 0.0176. The molecule has 2 atom stereocenters. The Bertz CT molecular complexity index is 412. The van der Waals surface area contributed by atoms with Crippen LogP contribution in [0.1, 0.15) is 12.8 Å². The molecular weight excluding hydrogens is 268 g/mol. The molecule has 1 aliphatic carbocycles. The molecule has 2 aliphatic rings. The lowest BCUT2D eigenvalue weighted by Gasteiger charge is -2.30. The van der Waals surface area contributed by atoms with E-state index in [1.54, 1.807) is 0 Å². The zero-order chi connectivity index (χ0) is 15.1. The number of carbonyl (C=O) groups excluding carboxylic acids is 1. The van der Waals surface area contributed by atoms with Gasteiger partial charge in [0.1, 0.15) is 0 Å². The van der Waals surface area contributed by atoms with Crippen molar-refractivity contribution in [2.45, 2.75) is 18.9 Å². The van der Waals surface area contributed by atoms with Crippen LogP contribution in [0, 0.1) is 17.2 Å². The van der Waals surface area contributed by atoms with Gasteiger partial charge < -0.3 is 15.4 Å². The molecule has 21 heavy (non-hydrogen) atoms. The van der Waals surface area contributed by atoms with Gasteiger partial charge in [-0.05, 0) is 6.42 Å². The van der Waals surface area contributed by atoms with Crippen molar-refractivity contribution in [3.63, 3.8) is 0 Å². The maximum absolute atomic E-state index is 12.5. The Morgan fingerprint density at radius 1 is 1.38 bits per heavy atom. The van der Waals surface area contributed by atoms with Gasteiger partial charge in [0.05, 0.1) is 31.6 Å². The zero-order valence-electron chi connectivity index (χ0n) is 12.4. The quantitative estimate of drug-likeness (QED) is 0.695. The summed E-state index contributed by atoms with van der Waals surface area (Å²) in [6.07, 6.45) is 4.85. The first-order valence-electron chi connectivity index (χ1n) is 7.60. The standard InChI is InChI=1S/C15H24N4O2/c16-4-1-5-19(7-6-18-8-10-21-11-9-18)15(20)13-2-3-14(17)12-13/h2-3,13-14H,1,5-12,17H2. The first-order valence-corrected chi connectivity index (χ1v) is 7.60. The largest absolute Gasteiger partial charge is 0.379 e. The molecule has 0 aromatic carbocycles. The van der Waals surface area contributed by atoms with Gasteiger partial charge in [-0.3, -0.25) is 9.69 Å². The second-order valence-corrected chi connectivity index (χ2v) is 5.58. The van der Waals surface area contributed by atoms with Crippen molar-refractivity contribution in [1.82, 2.24) is 9.80 Å². The molecular formula is C15H24N4O2. The Balaban J connectivity index is 1.85. The SMILES string of the molecule is N#CCCN(CCN1CCOCC1)C(=O)C1C=CC(N)C1. The van der Waals surface area contributed by atoms with E-state index in [0.29, 0.717) is 25.9 Å². The molecule has 2 rings (SSSR count). The third kappa shape index (κ3) is 4.81. The van der Waals surface area contributed by atoms with Crippen LogP contribution < -0.4 is 5.73 Å². The van der Waals surface area contributed by atoms with E-state index >= 15 is 0 Å². The van der Waals surface area contributed by atoms with Gasteiger partial charge in [0, 0.05) is 38.8 Å². The lowest BCUT2D eigenvalue weighted by Crippen LogP contribution is -2.44. The highest BCUT2D eigenvalue weighted by Gasteiger charge is 2.27. The summed E-state index contributed by atoms with van der Waals surface area (Å²) in [6.45, 7) is 5.34. The van der Waals surface area contributed by atoms with Gasteiger partial charge in [-0.25, -0.2) is 0 Å². The number of ether oxygens (including phenoxy) is 1. The molecule has 0 radical (unpaired) electrons. The van der Waals surface area contributed by atoms with Crippen LogP contribution >= 0.6 is 0 Å². The van der Waals surface area contributed by atoms with Crippen molar-refractivity contribution in [3.8, 4) is 6.07 Å². The highest BCUT2D eigenvalue weighted by molar-refractivity contribution is 5.81. The summed E-state index contributed by atoms with van der Waals surface area (Å²) < 4.78 is 5.32. The predicted octanol–water partition coefficient (Wildman–Crippen LogP) is -0.0357. The van der Waals surface area contributed by atoms with Crippen LogP contribution in [0.25, 0.3) is 0 Å². The van der Waals surface area contributed by atoms with Crippen LogP contribution in [0.5, 0.6) is 0 Å². The molecule has 0 spiro atoms. The topological polar surface area (TPSA) is 82.6 Å². The predicted molar refractivity (Wildman–Crippen MR) is 79.3 cm³/mol. The van der Waals surface area contributed by atoms with Crippen LogP contribution in [0.3, 0.4) is 0 Å². The van der Waals surface area contributed by atoms with Crippen molar-refractivity contribution in [2.24, 2.45) is 11.7 Å². The average Bonchev–Trinajstić information content (AvgIpc) is 2.94. The van der Waals surface area contributed by atoms with Crippen molar-refractivity contribution in [3.05, 3.63) is 12.2 Å². The number of hydrogen-bond acceptors (Lipinski definition) is 5. The highest BCUT2D eigenvalue weighted by Crippen LogP contribution is 2.19. The summed E-state index contributed by atoms with van der Waals surface area (Å²) in [6, 6.07) is 2.10. The third-order valence-electron chi connectivity index (χ3n) is 4.03. The van der Waals surface area contributed by atoms with Gasteiger partial charge in [-0.15, -0.1) is 0 Å². The number of nitriles is 1. The van der Waals surface area contributed by atoms with Crippen LogP contribution in [0.15, 0.2) is 12.2 Å². The van der Waals surface area contributed by atoms with E-state index in [1.165, 1.54) is 0 Å². The van der Waals surface area contributed by atoms with Crippen molar-refractivity contribution in [2.75, 3.05) is 45.9 Å². The normalized spacial score (nSPS) is 25.7. The Morgan fingerprint density at radius 3 is 2.76 bits per heavy atom. The van der Waals surface area contributed by atoms with Gasteiger partial charge in [0.15, 0.2) is 0 Å². The van der Waals surface area contributed by atoms with Crippen molar-refractivity contribution < 1.29 is 9.53 Å². The minimum Gasteiger partial charge on any atom is -0.379 e. The average molecular weight is 292 g/mol. The number of nitrogens with zero attached hydrogens (tertiary/aromatic N) is 3. The Morgan fingerprint density at radius 2 is 2.14 bits per heavy atom. The zero-order valence-corrected chi connectivity index (χ0v) is 12.4. The first kappa shape index (κ1) is 16.0. The second kappa shape index (κ2) is 8.13. The van der Waals surface area contributed by atoms with Gasteiger partial charge in [-0.2, -0.15) is 5.26 Å². The van der Waals surface area contributed by atoms with Crippen LogP contribution in [-0.4, -0.2) is 67.7 Å². The Labute approximate surface area is 126 Å². The molecule has 116 valence electrons. The summed E-state index contributed by atoms with van der Waals surface area (Å²) in [5.74, 6) is -0.0221. The van der Waals surface area contributed by atoms with Gasteiger partial charge >= 0.3 is 0 Å². The molecule has 0 bridgehead atoms. The van der Waals surface area contributed by atoms with Crippen LogP contribution in [-0.2, 0) is 9.53 Å². The van der Waals surface area contributed by atoms with Crippen LogP contribution in [0.2, 0.25) is 0 Å². The monoisotopic (exact) mass is 292 g/mol. The van der Waals surface area contributed by atoms with E-state index in [-0.39, 0.29) is 17.9 Å². The second-order valence-electron chi connectivity index (χ2n) is 5.58. The molecule has 0 aromatic rings. The summed E-state index contributed by atoms with van der Waals surface area (Å²) in [4.78, 5) is 16.6. The lowest BCUT2D eigenvalue weighted by atomic mass is 10.1. The van der Waals surface area contributed by atoms with E-state index in [1.807, 2.05) is 17.1 Å². The molecule has 2 N–H and O–H groups in total. The van der Waals surface area contributed by atoms with E-state index in [4.69, 9.17) is 15.7 Å². The lowest BCUT2D eigenvalue weighted by molar-refractivity contribution is -0.134. The van der Waals surface area contributed by atoms with Crippen molar-refractivity contribution >= 4 is 5.91 Å². The smallest absolute Gasteiger partial charge is 0.229 e. The molecule has 1 amide bonds. The Kier molecular flexibility index (Phi) is 6.18. The summed E-state index contributed by atoms with van der Waals surface area (Å²) >= 11 is 0. The first-order chi connectivity index (χ1) is 10.2. The number of rotatable bonds is 6. The number of amides is 1. The number of nitrogens with two attached hydrogens (primary N) is 1. The maximum atomic E-state index is 12.5. The van der Waals surface area contributed by atoms with Crippen molar-refractivity contribution in [1.29, 1.82) is 5.26 Å². The van der Waals surface area contributed by atoms with Gasteiger partial charge in [-0.1, -0.05) is 12.2 Å². The third-order valence-corrected chi connectivity index (χ3v) is 4.03. The fourth-order valence-electron chi connectivity index (χ4n) is 2.75. The summed E-state index contributed by atoms with van der Waals surface area (Å²) in [7, 11) is 0. The maximum Gasteiger partial charge on any atom is 0.229 e. The van der Waals surface area contributed by atoms with E-state index in [2.05, 4.69) is 11.0 Å². The molecule has 1 aliphatic heterocycles. The number of carbonyl (C=O) groups is 1. The van der Waals surface area contributed by atoms with E-state index < -0.39 is 0 Å². The summed E-state index contributed by atoms with van der Waals surface area (Å²) in [5, 5.41) is 8.77. The molecule has 6 nitrogen and oxygen atoms in total. The van der Waals surface area contributed by atoms with Gasteiger partial charge in [0.25, 0.3) is 0 Å². The molecule has 0 aromatic heterocycles. The molecule has 1 saturated heterocycles. The van der Waals surface area contributed by atoms with E-state index in [9.17, 15) is 4.79 Å². The molecule has 6 heteroatoms. The fourth-order valence-corrected chi connectivity index (χ4v) is 2.75. The Hall–Kier alpha value is -1.42. The number of hydrogen-bond donors (Lipinski definition) is 1. The molecule has 2 unspecified atom stereocenters. The fraction of sp³-hybridized carbons (Fsp3) is 0.733.